The molecule has 1 amide bonds. The summed E-state index contributed by atoms with van der Waals surface area (Å²) in [5, 5.41) is 3.69. The SMILES string of the molecule is CC(Cl)C(=O)NCc1csc(=O)[nH]1. The first-order valence-corrected chi connectivity index (χ1v) is 4.99. The molecule has 0 fully saturated rings. The second kappa shape index (κ2) is 4.43. The normalized spacial score (nSPS) is 12.5. The molecule has 0 bridgehead atoms. The molecule has 1 unspecified atom stereocenters. The maximum atomic E-state index is 11.0. The van der Waals surface area contributed by atoms with E-state index in [1.807, 2.05) is 0 Å². The minimum atomic E-state index is -0.551. The van der Waals surface area contributed by atoms with E-state index in [0.717, 1.165) is 11.3 Å². The van der Waals surface area contributed by atoms with Gasteiger partial charge in [0, 0.05) is 11.1 Å². The number of nitrogens with one attached hydrogen (secondary N) is 2. The third-order valence-electron chi connectivity index (χ3n) is 1.39. The van der Waals surface area contributed by atoms with Gasteiger partial charge in [0.25, 0.3) is 0 Å². The van der Waals surface area contributed by atoms with E-state index < -0.39 is 5.38 Å². The van der Waals surface area contributed by atoms with Crippen LogP contribution in [0.3, 0.4) is 0 Å². The van der Waals surface area contributed by atoms with Crippen molar-refractivity contribution >= 4 is 28.8 Å². The standard InChI is InChI=1S/C7H9ClN2O2S/c1-4(8)6(11)9-2-5-3-13-7(12)10-5/h3-4H,2H2,1H3,(H,9,11)(H,10,12). The zero-order chi connectivity index (χ0) is 9.84. The minimum Gasteiger partial charge on any atom is -0.349 e. The molecule has 6 heteroatoms. The van der Waals surface area contributed by atoms with Crippen molar-refractivity contribution in [2.75, 3.05) is 0 Å². The molecule has 1 aromatic rings. The number of hydrogen-bond donors (Lipinski definition) is 2. The van der Waals surface area contributed by atoms with Gasteiger partial charge in [0.1, 0.15) is 5.38 Å². The van der Waals surface area contributed by atoms with E-state index in [1.165, 1.54) is 0 Å². The van der Waals surface area contributed by atoms with Crippen molar-refractivity contribution in [1.82, 2.24) is 10.3 Å². The number of aromatic nitrogens is 1. The average molecular weight is 221 g/mol. The highest BCUT2D eigenvalue weighted by molar-refractivity contribution is 7.07. The molecule has 1 aromatic heterocycles. The minimum absolute atomic E-state index is 0.122. The van der Waals surface area contributed by atoms with Crippen LogP contribution in [0.1, 0.15) is 12.6 Å². The summed E-state index contributed by atoms with van der Waals surface area (Å²) in [4.78, 5) is 24.1. The molecule has 1 atom stereocenters. The summed E-state index contributed by atoms with van der Waals surface area (Å²) in [5.74, 6) is -0.242. The van der Waals surface area contributed by atoms with Gasteiger partial charge in [0.15, 0.2) is 0 Å². The lowest BCUT2D eigenvalue weighted by molar-refractivity contribution is -0.120. The van der Waals surface area contributed by atoms with Gasteiger partial charge in [0.05, 0.1) is 6.54 Å². The molecule has 0 radical (unpaired) electrons. The highest BCUT2D eigenvalue weighted by Crippen LogP contribution is 1.97. The maximum Gasteiger partial charge on any atom is 0.304 e. The van der Waals surface area contributed by atoms with Gasteiger partial charge in [-0.2, -0.15) is 0 Å². The molecule has 0 aliphatic heterocycles. The second-order valence-corrected chi connectivity index (χ2v) is 4.00. The third-order valence-corrected chi connectivity index (χ3v) is 2.30. The van der Waals surface area contributed by atoms with Crippen LogP contribution in [0.25, 0.3) is 0 Å². The van der Waals surface area contributed by atoms with Crippen LogP contribution in [0.4, 0.5) is 0 Å². The van der Waals surface area contributed by atoms with Crippen LogP contribution in [-0.2, 0) is 11.3 Å². The number of halogens is 1. The first-order chi connectivity index (χ1) is 6.09. The van der Waals surface area contributed by atoms with Gasteiger partial charge in [0.2, 0.25) is 5.91 Å². The Morgan fingerprint density at radius 3 is 3.00 bits per heavy atom. The molecule has 0 aliphatic carbocycles. The van der Waals surface area contributed by atoms with Gasteiger partial charge in [-0.05, 0) is 6.92 Å². The lowest BCUT2D eigenvalue weighted by Crippen LogP contribution is -2.29. The Morgan fingerprint density at radius 1 is 1.85 bits per heavy atom. The number of carbonyl (C=O) groups excluding carboxylic acids is 1. The molecule has 2 N–H and O–H groups in total. The molecule has 72 valence electrons. The first-order valence-electron chi connectivity index (χ1n) is 3.68. The number of thiazole rings is 1. The number of carbonyl (C=O) groups is 1. The summed E-state index contributed by atoms with van der Waals surface area (Å²) in [6.45, 7) is 1.90. The van der Waals surface area contributed by atoms with Crippen LogP contribution in [0, 0.1) is 0 Å². The number of amides is 1. The fourth-order valence-electron chi connectivity index (χ4n) is 0.724. The molecule has 4 nitrogen and oxygen atoms in total. The van der Waals surface area contributed by atoms with Crippen molar-refractivity contribution < 1.29 is 4.79 Å². The summed E-state index contributed by atoms with van der Waals surface area (Å²) >= 11 is 6.59. The predicted molar refractivity (Wildman–Crippen MR) is 52.1 cm³/mol. The number of hydrogen-bond acceptors (Lipinski definition) is 3. The topological polar surface area (TPSA) is 62.0 Å². The van der Waals surface area contributed by atoms with Crippen LogP contribution in [0.2, 0.25) is 0 Å². The van der Waals surface area contributed by atoms with E-state index >= 15 is 0 Å². The van der Waals surface area contributed by atoms with Crippen molar-refractivity contribution in [3.8, 4) is 0 Å². The lowest BCUT2D eigenvalue weighted by atomic mass is 10.4. The van der Waals surface area contributed by atoms with Crippen LogP contribution in [0.5, 0.6) is 0 Å². The molecule has 0 aromatic carbocycles. The van der Waals surface area contributed by atoms with E-state index in [1.54, 1.807) is 12.3 Å². The smallest absolute Gasteiger partial charge is 0.304 e. The lowest BCUT2D eigenvalue weighted by Gasteiger charge is -2.03. The molecule has 1 rings (SSSR count). The molecule has 0 aliphatic rings. The molecule has 0 saturated carbocycles. The average Bonchev–Trinajstić information content (AvgIpc) is 2.47. The van der Waals surface area contributed by atoms with Crippen molar-refractivity contribution in [3.05, 3.63) is 20.7 Å². The summed E-state index contributed by atoms with van der Waals surface area (Å²) in [7, 11) is 0. The molecule has 1 heterocycles. The Labute approximate surface area is 83.9 Å². The van der Waals surface area contributed by atoms with Crippen LogP contribution in [0.15, 0.2) is 10.2 Å². The number of H-pyrrole nitrogens is 1. The number of aromatic amines is 1. The predicted octanol–water partition coefficient (Wildman–Crippen LogP) is 0.680. The van der Waals surface area contributed by atoms with Gasteiger partial charge >= 0.3 is 4.87 Å². The van der Waals surface area contributed by atoms with Crippen molar-refractivity contribution in [3.63, 3.8) is 0 Å². The van der Waals surface area contributed by atoms with E-state index in [2.05, 4.69) is 10.3 Å². The monoisotopic (exact) mass is 220 g/mol. The summed E-state index contributed by atoms with van der Waals surface area (Å²) in [6, 6.07) is 0. The summed E-state index contributed by atoms with van der Waals surface area (Å²) < 4.78 is 0. The highest BCUT2D eigenvalue weighted by Gasteiger charge is 2.08. The fourth-order valence-corrected chi connectivity index (χ4v) is 1.38. The van der Waals surface area contributed by atoms with Gasteiger partial charge in [-0.15, -0.1) is 11.6 Å². The van der Waals surface area contributed by atoms with Crippen LogP contribution < -0.4 is 10.2 Å². The molecule has 0 spiro atoms. The Morgan fingerprint density at radius 2 is 2.54 bits per heavy atom. The number of rotatable bonds is 3. The fraction of sp³-hybridized carbons (Fsp3) is 0.429. The van der Waals surface area contributed by atoms with Gasteiger partial charge in [-0.1, -0.05) is 11.3 Å². The van der Waals surface area contributed by atoms with Gasteiger partial charge < -0.3 is 10.3 Å². The molecule has 13 heavy (non-hydrogen) atoms. The Balaban J connectivity index is 2.44. The first kappa shape index (κ1) is 10.3. The Bertz CT molecular complexity index is 344. The van der Waals surface area contributed by atoms with Gasteiger partial charge in [-0.3, -0.25) is 9.59 Å². The quantitative estimate of drug-likeness (QED) is 0.736. The highest BCUT2D eigenvalue weighted by atomic mass is 35.5. The van der Waals surface area contributed by atoms with Gasteiger partial charge in [-0.25, -0.2) is 0 Å². The van der Waals surface area contributed by atoms with E-state index in [9.17, 15) is 9.59 Å². The van der Waals surface area contributed by atoms with Crippen LogP contribution in [-0.4, -0.2) is 16.3 Å². The third kappa shape index (κ3) is 3.20. The zero-order valence-corrected chi connectivity index (χ0v) is 8.54. The molecule has 0 saturated heterocycles. The number of alkyl halides is 1. The van der Waals surface area contributed by atoms with Crippen molar-refractivity contribution in [1.29, 1.82) is 0 Å². The van der Waals surface area contributed by atoms with E-state index in [-0.39, 0.29) is 10.8 Å². The van der Waals surface area contributed by atoms with Crippen LogP contribution >= 0.6 is 22.9 Å². The van der Waals surface area contributed by atoms with E-state index in [4.69, 9.17) is 11.6 Å². The molecular formula is C7H9ClN2O2S. The Hall–Kier alpha value is -0.810. The van der Waals surface area contributed by atoms with Crippen molar-refractivity contribution in [2.24, 2.45) is 0 Å². The second-order valence-electron chi connectivity index (χ2n) is 2.51. The van der Waals surface area contributed by atoms with E-state index in [0.29, 0.717) is 12.2 Å². The zero-order valence-electron chi connectivity index (χ0n) is 6.96. The summed E-state index contributed by atoms with van der Waals surface area (Å²) in [5.41, 5.74) is 0.695. The Kier molecular flexibility index (Phi) is 3.50. The largest absolute Gasteiger partial charge is 0.349 e. The van der Waals surface area contributed by atoms with Crippen molar-refractivity contribution in [2.45, 2.75) is 18.8 Å². The summed E-state index contributed by atoms with van der Waals surface area (Å²) in [6.07, 6.45) is 0. The maximum absolute atomic E-state index is 11.0. The molecular weight excluding hydrogens is 212 g/mol.